The highest BCUT2D eigenvalue weighted by atomic mass is 127. The standard InChI is InChI=1S/C21H32N4OS.HI/c1-2-22-20(23-15-6-11-25(12-7-15)17-5-3-14-27-17)24-18-16-8-13-26-19(16)21(18)9-4-10-21;/h3,5,14-16,18-19H,2,4,6-13H2,1H3,(H2,22,23,24);1H. The van der Waals surface area contributed by atoms with Crippen LogP contribution < -0.4 is 15.5 Å². The van der Waals surface area contributed by atoms with Gasteiger partial charge in [-0.15, -0.1) is 35.3 Å². The first-order valence-corrected chi connectivity index (χ1v) is 11.7. The fraction of sp³-hybridized carbons (Fsp3) is 0.762. The molecule has 2 N–H and O–H groups in total. The van der Waals surface area contributed by atoms with Crippen LogP contribution in [-0.4, -0.2) is 50.4 Å². The van der Waals surface area contributed by atoms with E-state index in [0.29, 0.717) is 29.5 Å². The summed E-state index contributed by atoms with van der Waals surface area (Å²) in [6.45, 7) is 6.16. The van der Waals surface area contributed by atoms with Crippen molar-refractivity contribution in [3.8, 4) is 0 Å². The van der Waals surface area contributed by atoms with Gasteiger partial charge in [0.05, 0.1) is 11.1 Å². The number of nitrogens with zero attached hydrogens (tertiary/aromatic N) is 2. The van der Waals surface area contributed by atoms with Crippen molar-refractivity contribution in [2.45, 2.75) is 63.6 Å². The Balaban J connectivity index is 0.00000192. The van der Waals surface area contributed by atoms with Gasteiger partial charge >= 0.3 is 0 Å². The number of guanidine groups is 1. The van der Waals surface area contributed by atoms with E-state index < -0.39 is 0 Å². The molecule has 4 aliphatic rings. The van der Waals surface area contributed by atoms with E-state index in [1.165, 1.54) is 43.5 Å². The van der Waals surface area contributed by atoms with Gasteiger partial charge in [-0.25, -0.2) is 0 Å². The number of hydrogen-bond acceptors (Lipinski definition) is 4. The molecule has 5 rings (SSSR count). The zero-order chi connectivity index (χ0) is 18.3. The summed E-state index contributed by atoms with van der Waals surface area (Å²) < 4.78 is 6.07. The van der Waals surface area contributed by atoms with E-state index in [9.17, 15) is 0 Å². The van der Waals surface area contributed by atoms with Crippen molar-refractivity contribution in [3.05, 3.63) is 17.5 Å². The first-order chi connectivity index (χ1) is 13.3. The van der Waals surface area contributed by atoms with Crippen LogP contribution in [-0.2, 0) is 4.74 Å². The Morgan fingerprint density at radius 1 is 1.29 bits per heavy atom. The molecule has 5 nitrogen and oxygen atoms in total. The van der Waals surface area contributed by atoms with Crippen molar-refractivity contribution in [3.63, 3.8) is 0 Å². The minimum atomic E-state index is 0. The number of aliphatic imine (C=N–C) groups is 1. The summed E-state index contributed by atoms with van der Waals surface area (Å²) in [6, 6.07) is 5.46. The summed E-state index contributed by atoms with van der Waals surface area (Å²) in [5, 5.41) is 11.2. The van der Waals surface area contributed by atoms with E-state index in [0.717, 1.165) is 32.2 Å². The molecule has 0 bridgehead atoms. The normalized spacial score (nSPS) is 31.5. The SMILES string of the molecule is CCN=C(NC1CCN(c2cccs2)CC1)NC1C2CCOC2C12CCC2.I. The first kappa shape index (κ1) is 20.7. The van der Waals surface area contributed by atoms with Crippen molar-refractivity contribution < 1.29 is 4.74 Å². The Kier molecular flexibility index (Phi) is 6.42. The van der Waals surface area contributed by atoms with Gasteiger partial charge in [0.2, 0.25) is 0 Å². The highest BCUT2D eigenvalue weighted by Gasteiger charge is 2.66. The third-order valence-corrected chi connectivity index (χ3v) is 8.23. The topological polar surface area (TPSA) is 48.9 Å². The average molecular weight is 516 g/mol. The number of piperidine rings is 1. The third kappa shape index (κ3) is 3.55. The van der Waals surface area contributed by atoms with Gasteiger partial charge < -0.3 is 20.3 Å². The molecule has 3 atom stereocenters. The van der Waals surface area contributed by atoms with Gasteiger partial charge in [-0.1, -0.05) is 6.42 Å². The molecule has 2 saturated heterocycles. The van der Waals surface area contributed by atoms with E-state index in [4.69, 9.17) is 9.73 Å². The molecule has 0 aromatic carbocycles. The molecule has 3 heterocycles. The Morgan fingerprint density at radius 3 is 2.75 bits per heavy atom. The molecular weight excluding hydrogens is 483 g/mol. The molecule has 1 aromatic rings. The zero-order valence-electron chi connectivity index (χ0n) is 16.7. The summed E-state index contributed by atoms with van der Waals surface area (Å²) in [7, 11) is 0. The minimum absolute atomic E-state index is 0. The summed E-state index contributed by atoms with van der Waals surface area (Å²) in [6.07, 6.45) is 8.08. The number of nitrogens with one attached hydrogen (secondary N) is 2. The van der Waals surface area contributed by atoms with E-state index >= 15 is 0 Å². The van der Waals surface area contributed by atoms with Crippen molar-refractivity contribution in [1.29, 1.82) is 0 Å². The average Bonchev–Trinajstić information content (AvgIpc) is 3.30. The smallest absolute Gasteiger partial charge is 0.191 e. The van der Waals surface area contributed by atoms with Crippen LogP contribution in [0.5, 0.6) is 0 Å². The number of anilines is 1. The summed E-state index contributed by atoms with van der Waals surface area (Å²) in [5.41, 5.74) is 0.403. The Morgan fingerprint density at radius 2 is 2.11 bits per heavy atom. The molecule has 4 fully saturated rings. The van der Waals surface area contributed by atoms with Gasteiger partial charge in [-0.2, -0.15) is 0 Å². The van der Waals surface area contributed by atoms with Gasteiger partial charge in [-0.3, -0.25) is 4.99 Å². The lowest BCUT2D eigenvalue weighted by molar-refractivity contribution is -0.171. The molecule has 7 heteroatoms. The largest absolute Gasteiger partial charge is 0.377 e. The van der Waals surface area contributed by atoms with Crippen molar-refractivity contribution >= 4 is 46.3 Å². The number of halogens is 1. The second-order valence-corrected chi connectivity index (χ2v) is 9.56. The second-order valence-electron chi connectivity index (χ2n) is 8.63. The maximum atomic E-state index is 6.07. The predicted octanol–water partition coefficient (Wildman–Crippen LogP) is 3.85. The lowest BCUT2D eigenvalue weighted by Gasteiger charge is -2.63. The third-order valence-electron chi connectivity index (χ3n) is 7.30. The minimum Gasteiger partial charge on any atom is -0.377 e. The van der Waals surface area contributed by atoms with E-state index in [-0.39, 0.29) is 24.0 Å². The molecule has 1 spiro atoms. The highest BCUT2D eigenvalue weighted by molar-refractivity contribution is 14.0. The van der Waals surface area contributed by atoms with Crippen LogP contribution in [0.4, 0.5) is 5.00 Å². The van der Waals surface area contributed by atoms with Crippen LogP contribution in [0.2, 0.25) is 0 Å². The number of thiophene rings is 1. The van der Waals surface area contributed by atoms with Crippen molar-refractivity contribution in [2.75, 3.05) is 31.1 Å². The number of rotatable bonds is 4. The Hall–Kier alpha value is -0.540. The Bertz CT molecular complexity index is 670. The van der Waals surface area contributed by atoms with E-state index in [1.807, 2.05) is 11.3 Å². The monoisotopic (exact) mass is 516 g/mol. The first-order valence-electron chi connectivity index (χ1n) is 10.8. The molecule has 1 aromatic heterocycles. The lowest BCUT2D eigenvalue weighted by Crippen LogP contribution is -2.72. The Labute approximate surface area is 189 Å². The molecule has 2 aliphatic heterocycles. The predicted molar refractivity (Wildman–Crippen MR) is 127 cm³/mol. The summed E-state index contributed by atoms with van der Waals surface area (Å²) in [4.78, 5) is 7.31. The van der Waals surface area contributed by atoms with E-state index in [2.05, 4.69) is 40.0 Å². The van der Waals surface area contributed by atoms with Crippen LogP contribution in [0.3, 0.4) is 0 Å². The number of hydrogen-bond donors (Lipinski definition) is 2. The molecule has 156 valence electrons. The van der Waals surface area contributed by atoms with Crippen LogP contribution >= 0.6 is 35.3 Å². The fourth-order valence-corrected chi connectivity index (χ4v) is 6.57. The van der Waals surface area contributed by atoms with Gasteiger partial charge in [0.1, 0.15) is 0 Å². The van der Waals surface area contributed by atoms with Gasteiger partial charge in [0.25, 0.3) is 0 Å². The maximum Gasteiger partial charge on any atom is 0.191 e. The fourth-order valence-electron chi connectivity index (χ4n) is 5.78. The quantitative estimate of drug-likeness (QED) is 0.363. The lowest BCUT2D eigenvalue weighted by atomic mass is 9.46. The van der Waals surface area contributed by atoms with Crippen molar-refractivity contribution in [1.82, 2.24) is 10.6 Å². The van der Waals surface area contributed by atoms with Gasteiger partial charge in [-0.05, 0) is 56.5 Å². The maximum absolute atomic E-state index is 6.07. The van der Waals surface area contributed by atoms with Gasteiger partial charge in [0, 0.05) is 49.7 Å². The molecule has 0 radical (unpaired) electrons. The van der Waals surface area contributed by atoms with Crippen LogP contribution in [0.25, 0.3) is 0 Å². The molecular formula is C21H33IN4OS. The van der Waals surface area contributed by atoms with Crippen LogP contribution in [0.15, 0.2) is 22.5 Å². The molecule has 0 amide bonds. The molecule has 3 unspecified atom stereocenters. The molecule has 2 saturated carbocycles. The van der Waals surface area contributed by atoms with Crippen molar-refractivity contribution in [2.24, 2.45) is 16.3 Å². The van der Waals surface area contributed by atoms with Crippen LogP contribution in [0, 0.1) is 11.3 Å². The second kappa shape index (κ2) is 8.68. The zero-order valence-corrected chi connectivity index (χ0v) is 19.9. The highest BCUT2D eigenvalue weighted by Crippen LogP contribution is 2.62. The number of ether oxygens (including phenoxy) is 1. The molecule has 2 aliphatic carbocycles. The number of fused-ring (bicyclic) bond motifs is 2. The van der Waals surface area contributed by atoms with Crippen LogP contribution in [0.1, 0.15) is 45.4 Å². The summed E-state index contributed by atoms with van der Waals surface area (Å²) >= 11 is 1.85. The summed E-state index contributed by atoms with van der Waals surface area (Å²) in [5.74, 6) is 1.73. The molecule has 28 heavy (non-hydrogen) atoms. The van der Waals surface area contributed by atoms with Gasteiger partial charge in [0.15, 0.2) is 5.96 Å². The van der Waals surface area contributed by atoms with E-state index in [1.54, 1.807) is 0 Å².